The van der Waals surface area contributed by atoms with E-state index >= 15 is 0 Å². The van der Waals surface area contributed by atoms with Crippen molar-refractivity contribution >= 4 is 11.3 Å². The molecule has 1 heteroatoms. The Bertz CT molecular complexity index is 1180. The third-order valence-corrected chi connectivity index (χ3v) is 7.17. The lowest BCUT2D eigenvalue weighted by Crippen LogP contribution is -2.11. The van der Waals surface area contributed by atoms with Crippen molar-refractivity contribution in [2.24, 2.45) is 10.9 Å². The van der Waals surface area contributed by atoms with Gasteiger partial charge >= 0.3 is 0 Å². The van der Waals surface area contributed by atoms with E-state index in [1.807, 2.05) is 6.08 Å². The summed E-state index contributed by atoms with van der Waals surface area (Å²) in [6.07, 6.45) is 15.3. The number of aryl methyl sites for hydroxylation is 1. The fourth-order valence-electron chi connectivity index (χ4n) is 4.68. The molecule has 2 aromatic rings. The average Bonchev–Trinajstić information content (AvgIpc) is 2.89. The molecule has 1 aliphatic rings. The predicted octanol–water partition coefficient (Wildman–Crippen LogP) is 9.82. The lowest BCUT2D eigenvalue weighted by atomic mass is 9.85. The summed E-state index contributed by atoms with van der Waals surface area (Å²) in [7, 11) is 0. The largest absolute Gasteiger partial charge is 0.284 e. The maximum absolute atomic E-state index is 5.14. The minimum atomic E-state index is 0.166. The third kappa shape index (κ3) is 8.44. The van der Waals surface area contributed by atoms with Crippen molar-refractivity contribution in [1.29, 1.82) is 0 Å². The monoisotopic (exact) mass is 491 g/mol. The fraction of sp³-hybridized carbons (Fsp3) is 0.389. The van der Waals surface area contributed by atoms with Gasteiger partial charge in [-0.1, -0.05) is 108 Å². The van der Waals surface area contributed by atoms with Gasteiger partial charge in [0.15, 0.2) is 0 Å². The van der Waals surface area contributed by atoms with Gasteiger partial charge in [-0.05, 0) is 89.1 Å². The number of benzene rings is 2. The Balaban J connectivity index is 1.76. The molecule has 0 saturated carbocycles. The van der Waals surface area contributed by atoms with Crippen molar-refractivity contribution in [2.75, 3.05) is 6.54 Å². The van der Waals surface area contributed by atoms with E-state index in [0.717, 1.165) is 31.5 Å². The van der Waals surface area contributed by atoms with Gasteiger partial charge in [0.1, 0.15) is 0 Å². The van der Waals surface area contributed by atoms with Crippen molar-refractivity contribution in [3.05, 3.63) is 119 Å². The van der Waals surface area contributed by atoms with Crippen molar-refractivity contribution in [2.45, 2.75) is 78.6 Å². The normalized spacial score (nSPS) is 16.7. The second-order valence-corrected chi connectivity index (χ2v) is 11.6. The molecule has 1 atom stereocenters. The van der Waals surface area contributed by atoms with Crippen LogP contribution < -0.4 is 0 Å². The van der Waals surface area contributed by atoms with Crippen LogP contribution >= 0.6 is 0 Å². The van der Waals surface area contributed by atoms with Crippen LogP contribution in [0, 0.1) is 5.92 Å². The van der Waals surface area contributed by atoms with Crippen LogP contribution in [0.3, 0.4) is 0 Å². The van der Waals surface area contributed by atoms with E-state index in [1.54, 1.807) is 0 Å². The second-order valence-electron chi connectivity index (χ2n) is 11.6. The fourth-order valence-corrected chi connectivity index (χ4v) is 4.68. The molecular weight excluding hydrogens is 446 g/mol. The van der Waals surface area contributed by atoms with Crippen LogP contribution in [0.15, 0.2) is 102 Å². The Hall–Kier alpha value is -3.15. The van der Waals surface area contributed by atoms with Gasteiger partial charge in [-0.15, -0.1) is 5.73 Å². The van der Waals surface area contributed by atoms with Crippen LogP contribution in [0.4, 0.5) is 0 Å². The highest BCUT2D eigenvalue weighted by molar-refractivity contribution is 6.14. The van der Waals surface area contributed by atoms with Crippen LogP contribution in [-0.2, 0) is 11.8 Å². The van der Waals surface area contributed by atoms with Crippen molar-refractivity contribution in [1.82, 2.24) is 0 Å². The molecule has 3 rings (SSSR count). The summed E-state index contributed by atoms with van der Waals surface area (Å²) < 4.78 is 0. The minimum absolute atomic E-state index is 0.166. The molecule has 1 unspecified atom stereocenters. The molecule has 0 aliphatic heterocycles. The molecule has 0 bridgehead atoms. The average molecular weight is 492 g/mol. The highest BCUT2D eigenvalue weighted by Crippen LogP contribution is 2.29. The summed E-state index contributed by atoms with van der Waals surface area (Å²) >= 11 is 0. The van der Waals surface area contributed by atoms with Gasteiger partial charge in [0.05, 0.1) is 5.71 Å². The third-order valence-electron chi connectivity index (χ3n) is 7.17. The number of aliphatic imine (C=N–C) groups is 1. The Morgan fingerprint density at radius 1 is 0.946 bits per heavy atom. The molecule has 0 spiro atoms. The molecule has 194 valence electrons. The summed E-state index contributed by atoms with van der Waals surface area (Å²) in [5.74, 6) is 1.12. The Morgan fingerprint density at radius 3 is 2.24 bits per heavy atom. The van der Waals surface area contributed by atoms with Crippen molar-refractivity contribution < 1.29 is 0 Å². The van der Waals surface area contributed by atoms with E-state index in [9.17, 15) is 0 Å². The lowest BCUT2D eigenvalue weighted by molar-refractivity contribution is 0.504. The number of hydrogen-bond acceptors (Lipinski definition) is 1. The second kappa shape index (κ2) is 13.4. The van der Waals surface area contributed by atoms with E-state index in [4.69, 9.17) is 4.99 Å². The predicted molar refractivity (Wildman–Crippen MR) is 164 cm³/mol. The number of nitrogens with zero attached hydrogens (tertiary/aromatic N) is 1. The number of hydrogen-bond donors (Lipinski definition) is 0. The Morgan fingerprint density at radius 2 is 1.65 bits per heavy atom. The smallest absolute Gasteiger partial charge is 0.0643 e. The van der Waals surface area contributed by atoms with Crippen LogP contribution in [-0.4, -0.2) is 12.3 Å². The molecule has 1 nitrogen and oxygen atoms in total. The van der Waals surface area contributed by atoms with Gasteiger partial charge in [0.25, 0.3) is 0 Å². The first-order valence-electron chi connectivity index (χ1n) is 13.9. The van der Waals surface area contributed by atoms with Crippen molar-refractivity contribution in [3.8, 4) is 0 Å². The topological polar surface area (TPSA) is 12.4 Å². The quantitative estimate of drug-likeness (QED) is 0.293. The molecule has 0 radical (unpaired) electrons. The molecule has 0 fully saturated rings. The first-order valence-corrected chi connectivity index (χ1v) is 13.9. The van der Waals surface area contributed by atoms with Gasteiger partial charge in [0.2, 0.25) is 0 Å². The molecule has 2 aromatic carbocycles. The first-order chi connectivity index (χ1) is 17.7. The maximum Gasteiger partial charge on any atom is 0.0643 e. The van der Waals surface area contributed by atoms with Crippen LogP contribution in [0.1, 0.15) is 89.0 Å². The summed E-state index contributed by atoms with van der Waals surface area (Å²) in [6.45, 7) is 18.0. The van der Waals surface area contributed by atoms with Gasteiger partial charge in [-0.25, -0.2) is 0 Å². The van der Waals surface area contributed by atoms with E-state index in [2.05, 4.69) is 127 Å². The van der Waals surface area contributed by atoms with E-state index in [1.165, 1.54) is 39.8 Å². The molecule has 37 heavy (non-hydrogen) atoms. The highest BCUT2D eigenvalue weighted by Gasteiger charge is 2.16. The van der Waals surface area contributed by atoms with Crippen LogP contribution in [0.5, 0.6) is 0 Å². The molecule has 0 aromatic heterocycles. The van der Waals surface area contributed by atoms with E-state index in [0.29, 0.717) is 11.8 Å². The lowest BCUT2D eigenvalue weighted by Gasteiger charge is -2.20. The van der Waals surface area contributed by atoms with Gasteiger partial charge < -0.3 is 0 Å². The Kier molecular flexibility index (Phi) is 10.3. The molecule has 1 aliphatic carbocycles. The van der Waals surface area contributed by atoms with Crippen LogP contribution in [0.2, 0.25) is 0 Å². The van der Waals surface area contributed by atoms with Crippen LogP contribution in [0.25, 0.3) is 5.57 Å². The molecule has 0 heterocycles. The standard InChI is InChI=1S/C36H45N/c1-8-10-11-12-28-14-17-31(18-15-28)33(16-13-27(3)4)26-37-35-24-21-32(25-29(35)9-2)30-19-22-34(23-20-30)36(5,6)7/h9-10,14-15,17-25,27,33H,1,11-13,16,26H2,2-7H3/b29-9-,37-35-. The summed E-state index contributed by atoms with van der Waals surface area (Å²) in [5.41, 5.74) is 11.9. The SMILES string of the molecule is C=C=CCCc1ccc(C(CCC(C)C)C/N=C2/C=CC(c3ccc(C(C)(C)C)cc3)=C/C2=C/C)cc1. The van der Waals surface area contributed by atoms with Gasteiger partial charge in [-0.2, -0.15) is 0 Å². The number of rotatable bonds is 10. The zero-order valence-corrected chi connectivity index (χ0v) is 23.9. The zero-order valence-electron chi connectivity index (χ0n) is 23.9. The Labute approximate surface area is 226 Å². The molecule has 0 saturated heterocycles. The summed E-state index contributed by atoms with van der Waals surface area (Å²) in [5, 5.41) is 0. The van der Waals surface area contributed by atoms with Gasteiger partial charge in [0, 0.05) is 12.5 Å². The molecular formula is C36H45N. The minimum Gasteiger partial charge on any atom is -0.284 e. The number of allylic oxidation sites excluding steroid dienone is 7. The van der Waals surface area contributed by atoms with Crippen molar-refractivity contribution in [3.63, 3.8) is 0 Å². The molecule has 0 amide bonds. The van der Waals surface area contributed by atoms with E-state index in [-0.39, 0.29) is 5.41 Å². The zero-order chi connectivity index (χ0) is 26.8. The van der Waals surface area contributed by atoms with E-state index < -0.39 is 0 Å². The first kappa shape index (κ1) is 28.4. The molecule has 0 N–H and O–H groups in total. The summed E-state index contributed by atoms with van der Waals surface area (Å²) in [4.78, 5) is 5.14. The maximum atomic E-state index is 5.14. The summed E-state index contributed by atoms with van der Waals surface area (Å²) in [6, 6.07) is 18.2. The highest BCUT2D eigenvalue weighted by atomic mass is 14.7. The van der Waals surface area contributed by atoms with Gasteiger partial charge in [-0.3, -0.25) is 4.99 Å².